The molecule has 0 atom stereocenters. The average Bonchev–Trinajstić information content (AvgIpc) is 2.16. The molecule has 0 aliphatic heterocycles. The van der Waals surface area contributed by atoms with E-state index in [2.05, 4.69) is 0 Å². The molecule has 0 amide bonds. The number of sulfone groups is 1. The minimum Gasteiger partial charge on any atom is -0.296 e. The zero-order valence-electron chi connectivity index (χ0n) is 8.97. The first-order valence-electron chi connectivity index (χ1n) is 4.50. The molecule has 1 rings (SSSR count). The highest BCUT2D eigenvalue weighted by Crippen LogP contribution is 2.15. The largest absolute Gasteiger partial charge is 0.296 e. The highest BCUT2D eigenvalue weighted by Gasteiger charge is 2.16. The molecule has 0 aromatic heterocycles. The van der Waals surface area contributed by atoms with Crippen LogP contribution in [0.15, 0.2) is 29.2 Å². The minimum absolute atomic E-state index is 0.104. The maximum absolute atomic E-state index is 11.8. The Morgan fingerprint density at radius 3 is 2.50 bits per heavy atom. The highest BCUT2D eigenvalue weighted by molar-refractivity contribution is 7.91. The summed E-state index contributed by atoms with van der Waals surface area (Å²) in [6.07, 6.45) is 0. The molecule has 0 heterocycles. The van der Waals surface area contributed by atoms with Gasteiger partial charge in [0, 0.05) is 5.56 Å². The second-order valence-electron chi connectivity index (χ2n) is 3.63. The van der Waals surface area contributed by atoms with Crippen LogP contribution in [0, 0.1) is 0 Å². The van der Waals surface area contributed by atoms with Crippen LogP contribution in [0.2, 0.25) is 0 Å². The Balaban J connectivity index is 3.14. The third-order valence-corrected chi connectivity index (χ3v) is 3.89. The first-order chi connectivity index (χ1) is 7.33. The molecule has 0 aliphatic carbocycles. The van der Waals surface area contributed by atoms with Gasteiger partial charge in [-0.1, -0.05) is 12.1 Å². The third-order valence-electron chi connectivity index (χ3n) is 1.85. The van der Waals surface area contributed by atoms with E-state index in [0.29, 0.717) is 0 Å². The molecule has 16 heavy (non-hydrogen) atoms. The Hall–Kier alpha value is -0.910. The van der Waals surface area contributed by atoms with Crippen LogP contribution in [-0.4, -0.2) is 38.5 Å². The van der Waals surface area contributed by atoms with Crippen molar-refractivity contribution in [2.75, 3.05) is 20.0 Å². The standard InChI is InChI=1S/C10H12ClNO3S/c1-12(2)7-16(14,15)9-5-3-4-8(6-9)10(11)13/h3-6H,7H2,1-2H3. The maximum atomic E-state index is 11.8. The number of rotatable bonds is 4. The van der Waals surface area contributed by atoms with Gasteiger partial charge in [0.15, 0.2) is 9.84 Å². The van der Waals surface area contributed by atoms with Gasteiger partial charge >= 0.3 is 0 Å². The molecule has 0 saturated heterocycles. The van der Waals surface area contributed by atoms with Crippen LogP contribution in [-0.2, 0) is 9.84 Å². The van der Waals surface area contributed by atoms with E-state index in [4.69, 9.17) is 11.6 Å². The summed E-state index contributed by atoms with van der Waals surface area (Å²) >= 11 is 5.29. The fourth-order valence-electron chi connectivity index (χ4n) is 1.23. The predicted octanol–water partition coefficient (Wildman–Crippen LogP) is 1.36. The van der Waals surface area contributed by atoms with Gasteiger partial charge in [0.05, 0.1) is 4.90 Å². The summed E-state index contributed by atoms with van der Waals surface area (Å²) in [7, 11) is -0.0789. The summed E-state index contributed by atoms with van der Waals surface area (Å²) in [5, 5.41) is -0.665. The quantitative estimate of drug-likeness (QED) is 0.768. The third kappa shape index (κ3) is 3.30. The number of carbonyl (C=O) groups is 1. The summed E-state index contributed by atoms with van der Waals surface area (Å²) in [6, 6.07) is 5.71. The van der Waals surface area contributed by atoms with Crippen LogP contribution >= 0.6 is 11.6 Å². The molecule has 1 aromatic carbocycles. The zero-order chi connectivity index (χ0) is 12.3. The first kappa shape index (κ1) is 13.2. The zero-order valence-corrected chi connectivity index (χ0v) is 10.5. The van der Waals surface area contributed by atoms with Gasteiger partial charge in [-0.05, 0) is 37.8 Å². The van der Waals surface area contributed by atoms with Gasteiger partial charge in [0.2, 0.25) is 0 Å². The minimum atomic E-state index is -3.40. The van der Waals surface area contributed by atoms with Gasteiger partial charge in [-0.2, -0.15) is 0 Å². The molecule has 4 nitrogen and oxygen atoms in total. The average molecular weight is 262 g/mol. The van der Waals surface area contributed by atoms with Crippen LogP contribution in [0.5, 0.6) is 0 Å². The van der Waals surface area contributed by atoms with Crippen molar-refractivity contribution < 1.29 is 13.2 Å². The van der Waals surface area contributed by atoms with E-state index in [9.17, 15) is 13.2 Å². The molecule has 0 unspecified atom stereocenters. The predicted molar refractivity (Wildman–Crippen MR) is 62.4 cm³/mol. The number of hydrogen-bond donors (Lipinski definition) is 0. The molecule has 0 N–H and O–H groups in total. The molecule has 6 heteroatoms. The molecule has 1 aromatic rings. The van der Waals surface area contributed by atoms with Gasteiger partial charge in [-0.15, -0.1) is 0 Å². The van der Waals surface area contributed by atoms with E-state index in [1.54, 1.807) is 19.0 Å². The summed E-state index contributed by atoms with van der Waals surface area (Å²) in [5.74, 6) is -0.104. The molecule has 0 spiro atoms. The Bertz CT molecular complexity index is 497. The number of hydrogen-bond acceptors (Lipinski definition) is 4. The summed E-state index contributed by atoms with van der Waals surface area (Å²) in [4.78, 5) is 12.6. The molecule has 0 aliphatic rings. The van der Waals surface area contributed by atoms with E-state index >= 15 is 0 Å². The van der Waals surface area contributed by atoms with Gasteiger partial charge in [-0.25, -0.2) is 8.42 Å². The van der Waals surface area contributed by atoms with E-state index in [1.165, 1.54) is 24.3 Å². The molecule has 0 radical (unpaired) electrons. The van der Waals surface area contributed by atoms with E-state index in [1.807, 2.05) is 0 Å². The van der Waals surface area contributed by atoms with Gasteiger partial charge in [0.25, 0.3) is 5.24 Å². The normalized spacial score (nSPS) is 11.8. The lowest BCUT2D eigenvalue weighted by Crippen LogP contribution is -2.22. The second-order valence-corrected chi connectivity index (χ2v) is 5.93. The smallest absolute Gasteiger partial charge is 0.252 e. The van der Waals surface area contributed by atoms with Gasteiger partial charge in [-0.3, -0.25) is 9.69 Å². The molecule has 0 bridgehead atoms. The number of nitrogens with zero attached hydrogens (tertiary/aromatic N) is 1. The van der Waals surface area contributed by atoms with Crippen molar-refractivity contribution in [1.29, 1.82) is 0 Å². The SMILES string of the molecule is CN(C)CS(=O)(=O)c1cccc(C(=O)Cl)c1. The van der Waals surface area contributed by atoms with E-state index < -0.39 is 15.1 Å². The lowest BCUT2D eigenvalue weighted by Gasteiger charge is -2.10. The lowest BCUT2D eigenvalue weighted by atomic mass is 10.2. The lowest BCUT2D eigenvalue weighted by molar-refractivity contribution is 0.108. The molecule has 0 saturated carbocycles. The van der Waals surface area contributed by atoms with Crippen molar-refractivity contribution in [3.8, 4) is 0 Å². The highest BCUT2D eigenvalue weighted by atomic mass is 35.5. The fraction of sp³-hybridized carbons (Fsp3) is 0.300. The topological polar surface area (TPSA) is 54.5 Å². The molecule has 0 fully saturated rings. The number of halogens is 1. The summed E-state index contributed by atoms with van der Waals surface area (Å²) in [6.45, 7) is 0. The van der Waals surface area contributed by atoms with E-state index in [-0.39, 0.29) is 16.3 Å². The molecule has 88 valence electrons. The van der Waals surface area contributed by atoms with Crippen LogP contribution in [0.25, 0.3) is 0 Å². The van der Waals surface area contributed by atoms with Crippen molar-refractivity contribution in [3.63, 3.8) is 0 Å². The van der Waals surface area contributed by atoms with Crippen molar-refractivity contribution in [3.05, 3.63) is 29.8 Å². The van der Waals surface area contributed by atoms with Crippen molar-refractivity contribution in [2.24, 2.45) is 0 Å². The van der Waals surface area contributed by atoms with Gasteiger partial charge < -0.3 is 0 Å². The fourth-order valence-corrected chi connectivity index (χ4v) is 2.77. The monoisotopic (exact) mass is 261 g/mol. The Morgan fingerprint density at radius 1 is 1.38 bits per heavy atom. The van der Waals surface area contributed by atoms with Crippen LogP contribution in [0.1, 0.15) is 10.4 Å². The van der Waals surface area contributed by atoms with Crippen molar-refractivity contribution in [2.45, 2.75) is 4.90 Å². The Kier molecular flexibility index (Phi) is 4.07. The van der Waals surface area contributed by atoms with Gasteiger partial charge in [0.1, 0.15) is 5.88 Å². The summed E-state index contributed by atoms with van der Waals surface area (Å²) < 4.78 is 23.6. The van der Waals surface area contributed by atoms with Crippen molar-refractivity contribution in [1.82, 2.24) is 4.90 Å². The Morgan fingerprint density at radius 2 is 2.00 bits per heavy atom. The van der Waals surface area contributed by atoms with Crippen molar-refractivity contribution >= 4 is 26.7 Å². The summed E-state index contributed by atoms with van der Waals surface area (Å²) in [5.41, 5.74) is 0.182. The van der Waals surface area contributed by atoms with Crippen LogP contribution < -0.4 is 0 Å². The van der Waals surface area contributed by atoms with Crippen LogP contribution in [0.3, 0.4) is 0 Å². The first-order valence-corrected chi connectivity index (χ1v) is 6.53. The number of benzene rings is 1. The number of carbonyl (C=O) groups excluding carboxylic acids is 1. The second kappa shape index (κ2) is 4.95. The van der Waals surface area contributed by atoms with E-state index in [0.717, 1.165) is 0 Å². The maximum Gasteiger partial charge on any atom is 0.252 e. The molecular formula is C10H12ClNO3S. The molecular weight excluding hydrogens is 250 g/mol. The van der Waals surface area contributed by atoms with Crippen LogP contribution in [0.4, 0.5) is 0 Å². The Labute approximate surface area is 99.7 Å².